The first kappa shape index (κ1) is 27.0. The third kappa shape index (κ3) is 8.94. The molecule has 0 aromatic heterocycles. The highest BCUT2D eigenvalue weighted by atomic mass is 127. The van der Waals surface area contributed by atoms with Crippen LogP contribution in [0.2, 0.25) is 5.02 Å². The molecule has 32 heavy (non-hydrogen) atoms. The first-order valence-electron chi connectivity index (χ1n) is 11.7. The second kappa shape index (κ2) is 14.8. The Bertz CT molecular complexity index is 726. The lowest BCUT2D eigenvalue weighted by Gasteiger charge is -2.36. The molecule has 1 aromatic rings. The lowest BCUT2D eigenvalue weighted by molar-refractivity contribution is -0.127. The number of anilines is 1. The molecule has 0 saturated carbocycles. The summed E-state index contributed by atoms with van der Waals surface area (Å²) in [7, 11) is 0. The van der Waals surface area contributed by atoms with E-state index in [2.05, 4.69) is 38.4 Å². The monoisotopic (exact) mass is 576 g/mol. The second-order valence-corrected chi connectivity index (χ2v) is 8.62. The molecule has 0 radical (unpaired) electrons. The number of carbonyl (C=O) groups is 1. The van der Waals surface area contributed by atoms with Gasteiger partial charge < -0.3 is 20.4 Å². The molecule has 3 rings (SSSR count). The zero-order valence-electron chi connectivity index (χ0n) is 19.2. The number of nitrogens with zero attached hydrogens (tertiary/aromatic N) is 4. The third-order valence-corrected chi connectivity index (χ3v) is 6.10. The van der Waals surface area contributed by atoms with E-state index in [1.54, 1.807) is 0 Å². The number of piperazine rings is 1. The maximum absolute atomic E-state index is 11.7. The van der Waals surface area contributed by atoms with Crippen LogP contribution in [0.5, 0.6) is 0 Å². The molecule has 2 fully saturated rings. The third-order valence-electron chi connectivity index (χ3n) is 5.86. The first-order valence-corrected chi connectivity index (χ1v) is 12.1. The predicted octanol–water partition coefficient (Wildman–Crippen LogP) is 3.04. The standard InChI is InChI=1S/C23H37ClN6O.HI/c1-2-25-23(27-11-6-14-30-13-4-9-22(30)31)26-10-5-12-28-15-17-29(18-16-28)21-8-3-7-20(24)19-21;/h3,7-8,19H,2,4-6,9-18H2,1H3,(H2,25,26,27);1H. The summed E-state index contributed by atoms with van der Waals surface area (Å²) in [6, 6.07) is 8.13. The summed E-state index contributed by atoms with van der Waals surface area (Å²) < 4.78 is 0. The summed E-state index contributed by atoms with van der Waals surface area (Å²) in [6.45, 7) is 11.6. The van der Waals surface area contributed by atoms with Gasteiger partial charge in [0.15, 0.2) is 5.96 Å². The predicted molar refractivity (Wildman–Crippen MR) is 145 cm³/mol. The van der Waals surface area contributed by atoms with Crippen molar-refractivity contribution in [3.05, 3.63) is 29.3 Å². The SMILES string of the molecule is CCNC(=NCCCN1CCCC1=O)NCCCN1CCN(c2cccc(Cl)c2)CC1.I. The molecule has 0 spiro atoms. The van der Waals surface area contributed by atoms with Crippen molar-refractivity contribution in [2.75, 3.05) is 70.3 Å². The molecular weight excluding hydrogens is 539 g/mol. The van der Waals surface area contributed by atoms with Gasteiger partial charge in [-0.05, 0) is 50.9 Å². The molecule has 0 aliphatic carbocycles. The van der Waals surface area contributed by atoms with Gasteiger partial charge in [-0.25, -0.2) is 0 Å². The second-order valence-electron chi connectivity index (χ2n) is 8.19. The molecule has 2 saturated heterocycles. The highest BCUT2D eigenvalue weighted by Crippen LogP contribution is 2.20. The Morgan fingerprint density at radius 3 is 2.59 bits per heavy atom. The first-order chi connectivity index (χ1) is 15.2. The normalized spacial score (nSPS) is 17.4. The largest absolute Gasteiger partial charge is 0.369 e. The molecule has 0 bridgehead atoms. The Kier molecular flexibility index (Phi) is 12.5. The minimum Gasteiger partial charge on any atom is -0.369 e. The van der Waals surface area contributed by atoms with Crippen LogP contribution in [0.15, 0.2) is 29.3 Å². The zero-order chi connectivity index (χ0) is 21.9. The quantitative estimate of drug-likeness (QED) is 0.194. The van der Waals surface area contributed by atoms with Crippen molar-refractivity contribution in [3.8, 4) is 0 Å². The molecule has 2 aliphatic heterocycles. The van der Waals surface area contributed by atoms with E-state index < -0.39 is 0 Å². The minimum atomic E-state index is 0. The molecule has 2 N–H and O–H groups in total. The van der Waals surface area contributed by atoms with Crippen molar-refractivity contribution in [3.63, 3.8) is 0 Å². The van der Waals surface area contributed by atoms with Crippen molar-refractivity contribution in [2.24, 2.45) is 4.99 Å². The van der Waals surface area contributed by atoms with Gasteiger partial charge in [0, 0.05) is 76.0 Å². The lowest BCUT2D eigenvalue weighted by Crippen LogP contribution is -2.47. The molecule has 1 aromatic carbocycles. The fourth-order valence-corrected chi connectivity index (χ4v) is 4.33. The smallest absolute Gasteiger partial charge is 0.222 e. The number of rotatable bonds is 10. The van der Waals surface area contributed by atoms with Gasteiger partial charge in [-0.15, -0.1) is 24.0 Å². The van der Waals surface area contributed by atoms with Gasteiger partial charge >= 0.3 is 0 Å². The van der Waals surface area contributed by atoms with Gasteiger partial charge in [0.05, 0.1) is 0 Å². The van der Waals surface area contributed by atoms with Crippen LogP contribution in [0, 0.1) is 0 Å². The average molecular weight is 577 g/mol. The molecule has 1 amide bonds. The summed E-state index contributed by atoms with van der Waals surface area (Å²) in [5.74, 6) is 1.17. The van der Waals surface area contributed by atoms with Gasteiger partial charge in [0.2, 0.25) is 5.91 Å². The number of hydrogen-bond acceptors (Lipinski definition) is 4. The van der Waals surface area contributed by atoms with Crippen molar-refractivity contribution in [1.29, 1.82) is 0 Å². The van der Waals surface area contributed by atoms with Crippen molar-refractivity contribution >= 4 is 53.1 Å². The van der Waals surface area contributed by atoms with E-state index in [9.17, 15) is 4.79 Å². The van der Waals surface area contributed by atoms with Gasteiger partial charge in [-0.3, -0.25) is 14.7 Å². The molecule has 2 heterocycles. The number of nitrogens with one attached hydrogen (secondary N) is 2. The van der Waals surface area contributed by atoms with Crippen LogP contribution in [0.3, 0.4) is 0 Å². The number of hydrogen-bond donors (Lipinski definition) is 2. The highest BCUT2D eigenvalue weighted by molar-refractivity contribution is 14.0. The molecule has 7 nitrogen and oxygen atoms in total. The summed E-state index contributed by atoms with van der Waals surface area (Å²) in [4.78, 5) is 23.2. The van der Waals surface area contributed by atoms with Crippen molar-refractivity contribution in [2.45, 2.75) is 32.6 Å². The van der Waals surface area contributed by atoms with E-state index in [0.717, 1.165) is 95.7 Å². The van der Waals surface area contributed by atoms with E-state index in [-0.39, 0.29) is 24.0 Å². The fourth-order valence-electron chi connectivity index (χ4n) is 4.15. The van der Waals surface area contributed by atoms with Gasteiger partial charge in [-0.2, -0.15) is 0 Å². The van der Waals surface area contributed by atoms with Crippen LogP contribution in [-0.4, -0.2) is 87.1 Å². The Balaban J connectivity index is 0.00000363. The maximum atomic E-state index is 11.7. The summed E-state index contributed by atoms with van der Waals surface area (Å²) in [6.07, 6.45) is 3.72. The van der Waals surface area contributed by atoms with Gasteiger partial charge in [-0.1, -0.05) is 17.7 Å². The summed E-state index contributed by atoms with van der Waals surface area (Å²) >= 11 is 6.13. The molecule has 180 valence electrons. The number of benzene rings is 1. The fraction of sp³-hybridized carbons (Fsp3) is 0.652. The van der Waals surface area contributed by atoms with Crippen molar-refractivity contribution in [1.82, 2.24) is 20.4 Å². The Morgan fingerprint density at radius 1 is 1.09 bits per heavy atom. The van der Waals surface area contributed by atoms with E-state index in [1.165, 1.54) is 5.69 Å². The molecule has 0 unspecified atom stereocenters. The number of carbonyl (C=O) groups excluding carboxylic acids is 1. The number of likely N-dealkylation sites (tertiary alicyclic amines) is 1. The summed E-state index contributed by atoms with van der Waals surface area (Å²) in [5.41, 5.74) is 1.22. The lowest BCUT2D eigenvalue weighted by atomic mass is 10.2. The van der Waals surface area contributed by atoms with Crippen LogP contribution in [0.25, 0.3) is 0 Å². The van der Waals surface area contributed by atoms with E-state index in [1.807, 2.05) is 23.1 Å². The molecule has 2 aliphatic rings. The molecular formula is C23H38ClIN6O. The van der Waals surface area contributed by atoms with Crippen LogP contribution >= 0.6 is 35.6 Å². The van der Waals surface area contributed by atoms with Crippen LogP contribution < -0.4 is 15.5 Å². The highest BCUT2D eigenvalue weighted by Gasteiger charge is 2.19. The molecule has 0 atom stereocenters. The van der Waals surface area contributed by atoms with E-state index >= 15 is 0 Å². The van der Waals surface area contributed by atoms with E-state index in [4.69, 9.17) is 11.6 Å². The van der Waals surface area contributed by atoms with Crippen LogP contribution in [0.4, 0.5) is 5.69 Å². The zero-order valence-corrected chi connectivity index (χ0v) is 22.3. The van der Waals surface area contributed by atoms with Crippen LogP contribution in [-0.2, 0) is 4.79 Å². The number of aliphatic imine (C=N–C) groups is 1. The summed E-state index contributed by atoms with van der Waals surface area (Å²) in [5, 5.41) is 7.56. The van der Waals surface area contributed by atoms with Gasteiger partial charge in [0.25, 0.3) is 0 Å². The van der Waals surface area contributed by atoms with E-state index in [0.29, 0.717) is 12.3 Å². The topological polar surface area (TPSA) is 63.2 Å². The van der Waals surface area contributed by atoms with Crippen LogP contribution in [0.1, 0.15) is 32.6 Å². The Morgan fingerprint density at radius 2 is 1.91 bits per heavy atom. The maximum Gasteiger partial charge on any atom is 0.222 e. The average Bonchev–Trinajstić information content (AvgIpc) is 3.19. The Hall–Kier alpha value is -1.26. The van der Waals surface area contributed by atoms with Gasteiger partial charge in [0.1, 0.15) is 0 Å². The number of halogens is 2. The number of amides is 1. The van der Waals surface area contributed by atoms with Crippen molar-refractivity contribution < 1.29 is 4.79 Å². The molecule has 9 heteroatoms. The number of guanidine groups is 1. The minimum absolute atomic E-state index is 0. The Labute approximate surface area is 215 Å².